The first-order chi connectivity index (χ1) is 10.2. The van der Waals surface area contributed by atoms with Gasteiger partial charge in [0, 0.05) is 17.1 Å². The van der Waals surface area contributed by atoms with Gasteiger partial charge in [-0.15, -0.1) is 11.3 Å². The monoisotopic (exact) mass is 301 g/mol. The van der Waals surface area contributed by atoms with Crippen molar-refractivity contribution in [1.29, 1.82) is 0 Å². The van der Waals surface area contributed by atoms with E-state index < -0.39 is 0 Å². The molecule has 0 aliphatic heterocycles. The van der Waals surface area contributed by atoms with E-state index in [1.807, 2.05) is 25.1 Å². The number of anilines is 3. The van der Waals surface area contributed by atoms with Gasteiger partial charge in [-0.05, 0) is 19.1 Å². The van der Waals surface area contributed by atoms with Crippen LogP contribution in [0.5, 0.6) is 0 Å². The van der Waals surface area contributed by atoms with Gasteiger partial charge in [0.1, 0.15) is 17.8 Å². The highest BCUT2D eigenvalue weighted by molar-refractivity contribution is 7.14. The lowest BCUT2D eigenvalue weighted by atomic mass is 10.4. The van der Waals surface area contributed by atoms with E-state index in [0.717, 1.165) is 5.69 Å². The average molecular weight is 301 g/mol. The minimum absolute atomic E-state index is 0.304. The molecule has 0 aliphatic rings. The summed E-state index contributed by atoms with van der Waals surface area (Å²) in [5, 5.41) is 11.5. The molecule has 3 rings (SSSR count). The molecular weight excluding hydrogens is 290 g/mol. The first-order valence-electron chi connectivity index (χ1n) is 6.08. The summed E-state index contributed by atoms with van der Waals surface area (Å²) in [5.74, 6) is 0.695. The van der Waals surface area contributed by atoms with E-state index >= 15 is 0 Å². The normalized spacial score (nSPS) is 10.3. The van der Waals surface area contributed by atoms with Crippen molar-refractivity contribution in [2.45, 2.75) is 6.92 Å². The number of amides is 1. The number of pyridine rings is 1. The number of aromatic nitrogens is 3. The van der Waals surface area contributed by atoms with Crippen molar-refractivity contribution in [2.24, 2.45) is 0 Å². The van der Waals surface area contributed by atoms with Gasteiger partial charge in [0.2, 0.25) is 0 Å². The van der Waals surface area contributed by atoms with Crippen LogP contribution in [0.15, 0.2) is 40.4 Å². The van der Waals surface area contributed by atoms with Crippen LogP contribution >= 0.6 is 11.3 Å². The second-order valence-electron chi connectivity index (χ2n) is 4.17. The van der Waals surface area contributed by atoms with Crippen molar-refractivity contribution in [3.8, 4) is 0 Å². The molecule has 7 nitrogen and oxygen atoms in total. The molecule has 0 bridgehead atoms. The average Bonchev–Trinajstić information content (AvgIpc) is 3.10. The fourth-order valence-corrected chi connectivity index (χ4v) is 2.31. The largest absolute Gasteiger partial charge is 0.363 e. The van der Waals surface area contributed by atoms with Gasteiger partial charge in [-0.2, -0.15) is 0 Å². The summed E-state index contributed by atoms with van der Waals surface area (Å²) in [7, 11) is 0. The van der Waals surface area contributed by atoms with Gasteiger partial charge in [0.25, 0.3) is 5.91 Å². The molecule has 0 spiro atoms. The summed E-state index contributed by atoms with van der Waals surface area (Å²) in [6.07, 6.45) is 1.38. The quantitative estimate of drug-likeness (QED) is 0.769. The Hall–Kier alpha value is -2.74. The van der Waals surface area contributed by atoms with Gasteiger partial charge < -0.3 is 15.2 Å². The number of aryl methyl sites for hydroxylation is 1. The lowest BCUT2D eigenvalue weighted by molar-refractivity contribution is 0.102. The number of carbonyl (C=O) groups excluding carboxylic acids is 1. The van der Waals surface area contributed by atoms with Crippen molar-refractivity contribution < 1.29 is 9.32 Å². The second-order valence-corrected chi connectivity index (χ2v) is 5.02. The van der Waals surface area contributed by atoms with Crippen LogP contribution in [0.1, 0.15) is 16.2 Å². The maximum Gasteiger partial charge on any atom is 0.276 e. The molecule has 0 atom stereocenters. The first-order valence-corrected chi connectivity index (χ1v) is 6.96. The minimum Gasteiger partial charge on any atom is -0.363 e. The van der Waals surface area contributed by atoms with Gasteiger partial charge in [0.05, 0.1) is 0 Å². The van der Waals surface area contributed by atoms with Crippen LogP contribution in [0.3, 0.4) is 0 Å². The first kappa shape index (κ1) is 13.3. The Kier molecular flexibility index (Phi) is 3.61. The van der Waals surface area contributed by atoms with Crippen molar-refractivity contribution in [3.05, 3.63) is 47.3 Å². The predicted molar refractivity (Wildman–Crippen MR) is 78.8 cm³/mol. The van der Waals surface area contributed by atoms with Gasteiger partial charge in [-0.3, -0.25) is 4.79 Å². The molecule has 0 saturated heterocycles. The maximum atomic E-state index is 11.9. The Morgan fingerprint density at radius 3 is 2.90 bits per heavy atom. The number of rotatable bonds is 4. The Morgan fingerprint density at radius 1 is 1.24 bits per heavy atom. The Balaban J connectivity index is 1.70. The van der Waals surface area contributed by atoms with Gasteiger partial charge in [-0.25, -0.2) is 9.97 Å². The van der Waals surface area contributed by atoms with Crippen LogP contribution < -0.4 is 10.6 Å². The number of hydrogen-bond acceptors (Lipinski definition) is 7. The number of thiazole rings is 1. The van der Waals surface area contributed by atoms with E-state index in [-0.39, 0.29) is 5.91 Å². The van der Waals surface area contributed by atoms with Crippen molar-refractivity contribution in [3.63, 3.8) is 0 Å². The van der Waals surface area contributed by atoms with E-state index in [2.05, 4.69) is 30.3 Å². The van der Waals surface area contributed by atoms with Crippen LogP contribution in [0.25, 0.3) is 0 Å². The Bertz CT molecular complexity index is 754. The zero-order valence-corrected chi connectivity index (χ0v) is 11.8. The van der Waals surface area contributed by atoms with E-state index in [1.165, 1.54) is 17.6 Å². The summed E-state index contributed by atoms with van der Waals surface area (Å²) in [4.78, 5) is 20.5. The van der Waals surface area contributed by atoms with Crippen LogP contribution in [0.2, 0.25) is 0 Å². The zero-order valence-electron chi connectivity index (χ0n) is 11.0. The van der Waals surface area contributed by atoms with Crippen LogP contribution in [-0.2, 0) is 0 Å². The summed E-state index contributed by atoms with van der Waals surface area (Å²) < 4.78 is 4.64. The standard InChI is InChI=1S/C13H11N5O2S/c1-8-3-2-4-10(14-8)17-13-15-9(7-21-13)12(19)16-11-5-6-20-18-11/h2-7H,1H3,(H,14,15,17)(H,16,18,19). The summed E-state index contributed by atoms with van der Waals surface area (Å²) in [6.45, 7) is 1.91. The molecule has 0 fully saturated rings. The summed E-state index contributed by atoms with van der Waals surface area (Å²) >= 11 is 1.32. The van der Waals surface area contributed by atoms with E-state index in [1.54, 1.807) is 11.4 Å². The van der Waals surface area contributed by atoms with E-state index in [0.29, 0.717) is 22.5 Å². The molecule has 2 N–H and O–H groups in total. The molecule has 0 unspecified atom stereocenters. The van der Waals surface area contributed by atoms with Gasteiger partial charge in [0.15, 0.2) is 10.9 Å². The van der Waals surface area contributed by atoms with E-state index in [9.17, 15) is 4.79 Å². The molecule has 0 aromatic carbocycles. The highest BCUT2D eigenvalue weighted by Crippen LogP contribution is 2.20. The van der Waals surface area contributed by atoms with Crippen molar-refractivity contribution >= 4 is 34.0 Å². The van der Waals surface area contributed by atoms with Gasteiger partial charge >= 0.3 is 0 Å². The molecule has 3 aromatic heterocycles. The van der Waals surface area contributed by atoms with Gasteiger partial charge in [-0.1, -0.05) is 11.2 Å². The summed E-state index contributed by atoms with van der Waals surface area (Å²) in [6, 6.07) is 7.20. The predicted octanol–water partition coefficient (Wildman–Crippen LogP) is 2.83. The Morgan fingerprint density at radius 2 is 2.14 bits per heavy atom. The molecule has 21 heavy (non-hydrogen) atoms. The lowest BCUT2D eigenvalue weighted by Crippen LogP contribution is -2.12. The number of carbonyl (C=O) groups is 1. The van der Waals surface area contributed by atoms with Crippen molar-refractivity contribution in [2.75, 3.05) is 10.6 Å². The molecule has 0 aliphatic carbocycles. The highest BCUT2D eigenvalue weighted by atomic mass is 32.1. The molecule has 106 valence electrons. The smallest absolute Gasteiger partial charge is 0.276 e. The molecule has 3 aromatic rings. The van der Waals surface area contributed by atoms with Crippen molar-refractivity contribution in [1.82, 2.24) is 15.1 Å². The third-order valence-corrected chi connectivity index (χ3v) is 3.30. The molecule has 8 heteroatoms. The van der Waals surface area contributed by atoms with Crippen LogP contribution in [0, 0.1) is 6.92 Å². The zero-order chi connectivity index (χ0) is 14.7. The maximum absolute atomic E-state index is 11.9. The molecule has 0 saturated carbocycles. The number of nitrogens with zero attached hydrogens (tertiary/aromatic N) is 3. The number of nitrogens with one attached hydrogen (secondary N) is 2. The highest BCUT2D eigenvalue weighted by Gasteiger charge is 2.12. The van der Waals surface area contributed by atoms with Crippen LogP contribution in [-0.4, -0.2) is 21.0 Å². The molecular formula is C13H11N5O2S. The molecule has 1 amide bonds. The summed E-state index contributed by atoms with van der Waals surface area (Å²) in [5.41, 5.74) is 1.21. The fourth-order valence-electron chi connectivity index (χ4n) is 1.62. The molecule has 0 radical (unpaired) electrons. The SMILES string of the molecule is Cc1cccc(Nc2nc(C(=O)Nc3ccon3)cs2)n1. The third kappa shape index (κ3) is 3.23. The molecule has 3 heterocycles. The topological polar surface area (TPSA) is 92.9 Å². The third-order valence-electron chi connectivity index (χ3n) is 2.54. The number of hydrogen-bond donors (Lipinski definition) is 2. The second kappa shape index (κ2) is 5.71. The minimum atomic E-state index is -0.342. The Labute approximate surface area is 124 Å². The van der Waals surface area contributed by atoms with Crippen LogP contribution in [0.4, 0.5) is 16.8 Å². The van der Waals surface area contributed by atoms with E-state index in [4.69, 9.17) is 0 Å². The lowest BCUT2D eigenvalue weighted by Gasteiger charge is -2.01. The fraction of sp³-hybridized carbons (Fsp3) is 0.0769.